The van der Waals surface area contributed by atoms with Crippen molar-refractivity contribution in [2.45, 2.75) is 40.2 Å². The minimum atomic E-state index is -0.114. The first-order chi connectivity index (χ1) is 9.35. The van der Waals surface area contributed by atoms with E-state index in [1.807, 2.05) is 39.8 Å². The van der Waals surface area contributed by atoms with Crippen LogP contribution < -0.4 is 15.8 Å². The number of aryl methyl sites for hydroxylation is 2. The fourth-order valence-corrected chi connectivity index (χ4v) is 1.99. The van der Waals surface area contributed by atoms with Crippen molar-refractivity contribution in [3.8, 4) is 5.75 Å². The number of nitrogens with two attached hydrogens (primary N) is 1. The SMILES string of the molecule is CCC(C)NC(=O)COc1c(C)cc(C(N)=S)cc1C. The van der Waals surface area contributed by atoms with Crippen molar-refractivity contribution >= 4 is 23.1 Å². The lowest BCUT2D eigenvalue weighted by Gasteiger charge is -2.15. The Bertz CT molecular complexity index is 492. The molecule has 5 heteroatoms. The van der Waals surface area contributed by atoms with Crippen LogP contribution in [0.5, 0.6) is 5.75 Å². The molecule has 1 atom stereocenters. The molecule has 0 saturated heterocycles. The summed E-state index contributed by atoms with van der Waals surface area (Å²) in [6.07, 6.45) is 0.895. The molecule has 0 radical (unpaired) electrons. The van der Waals surface area contributed by atoms with Crippen LogP contribution in [-0.2, 0) is 4.79 Å². The zero-order chi connectivity index (χ0) is 15.3. The number of hydrogen-bond acceptors (Lipinski definition) is 3. The zero-order valence-corrected chi connectivity index (χ0v) is 13.3. The minimum absolute atomic E-state index is 0.0123. The highest BCUT2D eigenvalue weighted by molar-refractivity contribution is 7.80. The van der Waals surface area contributed by atoms with Crippen molar-refractivity contribution in [3.05, 3.63) is 28.8 Å². The number of amides is 1. The van der Waals surface area contributed by atoms with Gasteiger partial charge in [0.15, 0.2) is 6.61 Å². The Morgan fingerprint density at radius 3 is 2.40 bits per heavy atom. The van der Waals surface area contributed by atoms with Gasteiger partial charge >= 0.3 is 0 Å². The maximum atomic E-state index is 11.7. The second-order valence-corrected chi connectivity index (χ2v) is 5.41. The number of nitrogens with one attached hydrogen (secondary N) is 1. The normalized spacial score (nSPS) is 11.8. The highest BCUT2D eigenvalue weighted by Gasteiger charge is 2.11. The van der Waals surface area contributed by atoms with Gasteiger partial charge in [-0.25, -0.2) is 0 Å². The Labute approximate surface area is 125 Å². The number of benzene rings is 1. The van der Waals surface area contributed by atoms with Crippen LogP contribution in [-0.4, -0.2) is 23.5 Å². The first-order valence-electron chi connectivity index (χ1n) is 6.68. The molecular weight excluding hydrogens is 272 g/mol. The highest BCUT2D eigenvalue weighted by atomic mass is 32.1. The lowest BCUT2D eigenvalue weighted by molar-refractivity contribution is -0.123. The Hall–Kier alpha value is -1.62. The summed E-state index contributed by atoms with van der Waals surface area (Å²) < 4.78 is 5.61. The first kappa shape index (κ1) is 16.4. The third-order valence-corrected chi connectivity index (χ3v) is 3.35. The van der Waals surface area contributed by atoms with Gasteiger partial charge in [-0.05, 0) is 50.5 Å². The molecule has 4 nitrogen and oxygen atoms in total. The Morgan fingerprint density at radius 1 is 1.40 bits per heavy atom. The Kier molecular flexibility index (Phi) is 5.95. The monoisotopic (exact) mass is 294 g/mol. The van der Waals surface area contributed by atoms with E-state index in [0.717, 1.165) is 23.1 Å². The largest absolute Gasteiger partial charge is 0.483 e. The average Bonchev–Trinajstić information content (AvgIpc) is 2.37. The second-order valence-electron chi connectivity index (χ2n) is 4.97. The summed E-state index contributed by atoms with van der Waals surface area (Å²) in [5.41, 5.74) is 8.27. The third-order valence-electron chi connectivity index (χ3n) is 3.11. The molecule has 0 bridgehead atoms. The first-order valence-corrected chi connectivity index (χ1v) is 7.09. The minimum Gasteiger partial charge on any atom is -0.483 e. The Balaban J connectivity index is 2.74. The Morgan fingerprint density at radius 2 is 1.95 bits per heavy atom. The molecule has 0 aromatic heterocycles. The van der Waals surface area contributed by atoms with E-state index in [0.29, 0.717) is 10.7 Å². The van der Waals surface area contributed by atoms with Crippen molar-refractivity contribution in [3.63, 3.8) is 0 Å². The van der Waals surface area contributed by atoms with E-state index < -0.39 is 0 Å². The third kappa shape index (κ3) is 4.49. The maximum Gasteiger partial charge on any atom is 0.258 e. The molecule has 1 amide bonds. The maximum absolute atomic E-state index is 11.7. The fourth-order valence-electron chi connectivity index (χ4n) is 1.88. The molecule has 1 unspecified atom stereocenters. The average molecular weight is 294 g/mol. The van der Waals surface area contributed by atoms with Crippen LogP contribution in [0, 0.1) is 13.8 Å². The van der Waals surface area contributed by atoms with Gasteiger partial charge in [0.25, 0.3) is 5.91 Å². The quantitative estimate of drug-likeness (QED) is 0.790. The van der Waals surface area contributed by atoms with Gasteiger partial charge in [0.05, 0.1) is 0 Å². The van der Waals surface area contributed by atoms with E-state index in [1.165, 1.54) is 0 Å². The molecule has 0 saturated carbocycles. The predicted molar refractivity (Wildman–Crippen MR) is 85.2 cm³/mol. The lowest BCUT2D eigenvalue weighted by atomic mass is 10.1. The van der Waals surface area contributed by atoms with E-state index in [-0.39, 0.29) is 18.6 Å². The van der Waals surface area contributed by atoms with Crippen LogP contribution in [0.1, 0.15) is 37.0 Å². The summed E-state index contributed by atoms with van der Waals surface area (Å²) in [5, 5.41) is 2.86. The number of thiocarbonyl (C=S) groups is 1. The summed E-state index contributed by atoms with van der Waals surface area (Å²) in [6.45, 7) is 7.83. The van der Waals surface area contributed by atoms with Crippen molar-refractivity contribution in [1.82, 2.24) is 5.32 Å². The molecule has 0 aliphatic rings. The molecule has 20 heavy (non-hydrogen) atoms. The predicted octanol–water partition coefficient (Wildman–Crippen LogP) is 2.23. The zero-order valence-electron chi connectivity index (χ0n) is 12.4. The summed E-state index contributed by atoms with van der Waals surface area (Å²) in [5.74, 6) is 0.598. The van der Waals surface area contributed by atoms with Crippen molar-refractivity contribution in [2.24, 2.45) is 5.73 Å². The summed E-state index contributed by atoms with van der Waals surface area (Å²) >= 11 is 4.96. The van der Waals surface area contributed by atoms with Gasteiger partial charge in [0.1, 0.15) is 10.7 Å². The van der Waals surface area contributed by atoms with Crippen LogP contribution in [0.4, 0.5) is 0 Å². The lowest BCUT2D eigenvalue weighted by Crippen LogP contribution is -2.35. The van der Waals surface area contributed by atoms with E-state index in [1.54, 1.807) is 0 Å². The van der Waals surface area contributed by atoms with Crippen LogP contribution in [0.3, 0.4) is 0 Å². The van der Waals surface area contributed by atoms with Crippen molar-refractivity contribution in [1.29, 1.82) is 0 Å². The molecule has 0 heterocycles. The fraction of sp³-hybridized carbons (Fsp3) is 0.467. The van der Waals surface area contributed by atoms with E-state index in [9.17, 15) is 4.79 Å². The number of carbonyl (C=O) groups is 1. The van der Waals surface area contributed by atoms with Crippen LogP contribution >= 0.6 is 12.2 Å². The highest BCUT2D eigenvalue weighted by Crippen LogP contribution is 2.24. The van der Waals surface area contributed by atoms with Crippen molar-refractivity contribution in [2.75, 3.05) is 6.61 Å². The summed E-state index contributed by atoms with van der Waals surface area (Å²) in [7, 11) is 0. The molecule has 3 N–H and O–H groups in total. The van der Waals surface area contributed by atoms with Gasteiger partial charge in [0.2, 0.25) is 0 Å². The van der Waals surface area contributed by atoms with Gasteiger partial charge < -0.3 is 15.8 Å². The van der Waals surface area contributed by atoms with Gasteiger partial charge in [0, 0.05) is 11.6 Å². The van der Waals surface area contributed by atoms with Gasteiger partial charge in [-0.1, -0.05) is 19.1 Å². The van der Waals surface area contributed by atoms with E-state index >= 15 is 0 Å². The number of carbonyl (C=O) groups excluding carboxylic acids is 1. The second kappa shape index (κ2) is 7.24. The van der Waals surface area contributed by atoms with E-state index in [4.69, 9.17) is 22.7 Å². The number of hydrogen-bond donors (Lipinski definition) is 2. The molecule has 0 aliphatic carbocycles. The molecule has 0 aliphatic heterocycles. The molecule has 1 rings (SSSR count). The molecule has 110 valence electrons. The number of ether oxygens (including phenoxy) is 1. The van der Waals surface area contributed by atoms with Crippen LogP contribution in [0.2, 0.25) is 0 Å². The van der Waals surface area contributed by atoms with Crippen LogP contribution in [0.25, 0.3) is 0 Å². The smallest absolute Gasteiger partial charge is 0.258 e. The molecular formula is C15H22N2O2S. The van der Waals surface area contributed by atoms with Gasteiger partial charge in [-0.3, -0.25) is 4.79 Å². The van der Waals surface area contributed by atoms with Crippen molar-refractivity contribution < 1.29 is 9.53 Å². The molecule has 0 spiro atoms. The van der Waals surface area contributed by atoms with Gasteiger partial charge in [-0.2, -0.15) is 0 Å². The van der Waals surface area contributed by atoms with Crippen LogP contribution in [0.15, 0.2) is 12.1 Å². The molecule has 1 aromatic rings. The van der Waals surface area contributed by atoms with E-state index in [2.05, 4.69) is 5.32 Å². The van der Waals surface area contributed by atoms with Gasteiger partial charge in [-0.15, -0.1) is 0 Å². The molecule has 1 aromatic carbocycles. The summed E-state index contributed by atoms with van der Waals surface area (Å²) in [4.78, 5) is 12.1. The summed E-state index contributed by atoms with van der Waals surface area (Å²) in [6, 6.07) is 3.90. The molecule has 0 fully saturated rings. The topological polar surface area (TPSA) is 64.3 Å². The standard InChI is InChI=1S/C15H22N2O2S/c1-5-11(4)17-13(18)8-19-14-9(2)6-12(15(16)20)7-10(14)3/h6-7,11H,5,8H2,1-4H3,(H2,16,20)(H,17,18). The number of rotatable bonds is 6.